The summed E-state index contributed by atoms with van der Waals surface area (Å²) in [6, 6.07) is 7.97. The molecule has 2 rings (SSSR count). The van der Waals surface area contributed by atoms with E-state index in [4.69, 9.17) is 11.5 Å². The molecule has 0 saturated heterocycles. The Labute approximate surface area is 156 Å². The van der Waals surface area contributed by atoms with Gasteiger partial charge in [-0.3, -0.25) is 4.99 Å². The molecule has 0 radical (unpaired) electrons. The summed E-state index contributed by atoms with van der Waals surface area (Å²) in [5.74, 6) is 7.28. The largest absolute Gasteiger partial charge is 0.385 e. The molecular weight excluding hydrogens is 320 g/mol. The number of rotatable bonds is 4. The highest BCUT2D eigenvalue weighted by molar-refractivity contribution is 6.00. The Kier molecular flexibility index (Phi) is 5.94. The van der Waals surface area contributed by atoms with E-state index in [-0.39, 0.29) is 11.4 Å². The molecule has 0 amide bonds. The number of nitrogens with one attached hydrogen (secondary N) is 1. The summed E-state index contributed by atoms with van der Waals surface area (Å²) in [6.07, 6.45) is 2.92. The number of aliphatic imine (C=N–C) groups is 1. The summed E-state index contributed by atoms with van der Waals surface area (Å²) < 4.78 is 0. The molecule has 0 unspecified atom stereocenters. The summed E-state index contributed by atoms with van der Waals surface area (Å²) in [7, 11) is 0. The van der Waals surface area contributed by atoms with E-state index in [2.05, 4.69) is 49.5 Å². The van der Waals surface area contributed by atoms with Crippen LogP contribution in [0.4, 0.5) is 0 Å². The Morgan fingerprint density at radius 1 is 1.31 bits per heavy atom. The van der Waals surface area contributed by atoms with Crippen LogP contribution in [-0.4, -0.2) is 17.9 Å². The zero-order valence-corrected chi connectivity index (χ0v) is 16.1. The van der Waals surface area contributed by atoms with Crippen molar-refractivity contribution in [3.63, 3.8) is 0 Å². The molecule has 0 aliphatic carbocycles. The number of nitrogens with zero attached hydrogens (tertiary/aromatic N) is 1. The molecule has 0 fully saturated rings. The molecule has 1 aliphatic rings. The Morgan fingerprint density at radius 3 is 2.46 bits per heavy atom. The average molecular weight is 348 g/mol. The van der Waals surface area contributed by atoms with Gasteiger partial charge in [0.1, 0.15) is 11.7 Å². The third-order valence-corrected chi connectivity index (χ3v) is 4.17. The molecule has 1 heterocycles. The molecule has 1 aromatic rings. The molecule has 26 heavy (non-hydrogen) atoms. The second-order valence-corrected chi connectivity index (χ2v) is 7.20. The average Bonchev–Trinajstić information content (AvgIpc) is 2.95. The van der Waals surface area contributed by atoms with Gasteiger partial charge in [0, 0.05) is 11.1 Å². The topological polar surface area (TPSA) is 76.4 Å². The van der Waals surface area contributed by atoms with Crippen molar-refractivity contribution in [3.8, 4) is 11.8 Å². The van der Waals surface area contributed by atoms with E-state index >= 15 is 0 Å². The molecule has 136 valence electrons. The van der Waals surface area contributed by atoms with Crippen molar-refractivity contribution in [3.05, 3.63) is 70.6 Å². The first-order valence-corrected chi connectivity index (χ1v) is 8.78. The van der Waals surface area contributed by atoms with Crippen molar-refractivity contribution in [2.24, 2.45) is 16.5 Å². The minimum Gasteiger partial charge on any atom is -0.385 e. The van der Waals surface area contributed by atoms with Crippen molar-refractivity contribution < 1.29 is 0 Å². The van der Waals surface area contributed by atoms with Crippen LogP contribution in [0.2, 0.25) is 0 Å². The monoisotopic (exact) mass is 348 g/mol. The van der Waals surface area contributed by atoms with Gasteiger partial charge in [0.15, 0.2) is 0 Å². The van der Waals surface area contributed by atoms with Gasteiger partial charge in [0.25, 0.3) is 0 Å². The zero-order chi connectivity index (χ0) is 19.3. The Balaban J connectivity index is 2.18. The van der Waals surface area contributed by atoms with Gasteiger partial charge >= 0.3 is 0 Å². The fourth-order valence-electron chi connectivity index (χ4n) is 2.50. The lowest BCUT2D eigenvalue weighted by Gasteiger charge is -2.18. The maximum Gasteiger partial charge on any atom is 0.128 e. The van der Waals surface area contributed by atoms with Gasteiger partial charge < -0.3 is 16.8 Å². The van der Waals surface area contributed by atoms with E-state index in [1.165, 1.54) is 5.57 Å². The number of hydrogen-bond acceptors (Lipinski definition) is 4. The maximum atomic E-state index is 5.79. The predicted molar refractivity (Wildman–Crippen MR) is 111 cm³/mol. The molecule has 0 atom stereocenters. The second-order valence-electron chi connectivity index (χ2n) is 7.20. The molecule has 0 aromatic heterocycles. The van der Waals surface area contributed by atoms with Crippen molar-refractivity contribution in [1.82, 2.24) is 5.32 Å². The molecule has 0 spiro atoms. The van der Waals surface area contributed by atoms with Gasteiger partial charge in [-0.1, -0.05) is 49.1 Å². The standard InChI is InChI=1S/C22H28N4/c1-6-15(2)13-16(3)19(20(23)24)12-9-17-7-10-18(11-8-17)21-25-14-22(4,5)26-21/h7-8,10-11,13H,3,6,14,23-24H2,1-2,4-5H3,(H,25,26)/b15-13-. The van der Waals surface area contributed by atoms with Gasteiger partial charge in [0.2, 0.25) is 0 Å². The fourth-order valence-corrected chi connectivity index (χ4v) is 2.50. The van der Waals surface area contributed by atoms with Gasteiger partial charge in [-0.25, -0.2) is 0 Å². The lowest BCUT2D eigenvalue weighted by atomic mass is 10.0. The molecule has 4 heteroatoms. The van der Waals surface area contributed by atoms with E-state index < -0.39 is 0 Å². The van der Waals surface area contributed by atoms with Gasteiger partial charge in [0.05, 0.1) is 17.7 Å². The summed E-state index contributed by atoms with van der Waals surface area (Å²) in [5, 5.41) is 3.43. The third kappa shape index (κ3) is 5.03. The molecule has 0 bridgehead atoms. The molecule has 4 nitrogen and oxygen atoms in total. The van der Waals surface area contributed by atoms with Crippen molar-refractivity contribution in [2.45, 2.75) is 39.7 Å². The SMILES string of the molecule is C=C(/C=C(/C)CC)C(C#Cc1ccc(C2=NCC(C)(C)N2)cc1)=C(N)N. The number of allylic oxidation sites excluding steroid dienone is 4. The first-order chi connectivity index (χ1) is 12.2. The van der Waals surface area contributed by atoms with Crippen LogP contribution in [0.3, 0.4) is 0 Å². The van der Waals surface area contributed by atoms with Gasteiger partial charge in [-0.15, -0.1) is 0 Å². The van der Waals surface area contributed by atoms with E-state index in [0.29, 0.717) is 5.57 Å². The van der Waals surface area contributed by atoms with Gasteiger partial charge in [-0.2, -0.15) is 0 Å². The maximum absolute atomic E-state index is 5.79. The molecular formula is C22H28N4. The van der Waals surface area contributed by atoms with E-state index in [1.54, 1.807) is 0 Å². The van der Waals surface area contributed by atoms with Crippen molar-refractivity contribution in [1.29, 1.82) is 0 Å². The lowest BCUT2D eigenvalue weighted by Crippen LogP contribution is -2.39. The van der Waals surface area contributed by atoms with Gasteiger partial charge in [-0.05, 0) is 44.9 Å². The smallest absolute Gasteiger partial charge is 0.128 e. The normalized spacial score (nSPS) is 15.4. The second kappa shape index (κ2) is 7.97. The van der Waals surface area contributed by atoms with Crippen LogP contribution in [0.15, 0.2) is 64.5 Å². The summed E-state index contributed by atoms with van der Waals surface area (Å²) in [6.45, 7) is 13.2. The van der Waals surface area contributed by atoms with Crippen LogP contribution >= 0.6 is 0 Å². The minimum atomic E-state index is 0.0106. The van der Waals surface area contributed by atoms with Crippen LogP contribution in [0.1, 0.15) is 45.2 Å². The highest BCUT2D eigenvalue weighted by atomic mass is 15.1. The van der Waals surface area contributed by atoms with Crippen LogP contribution < -0.4 is 16.8 Å². The van der Waals surface area contributed by atoms with E-state index in [9.17, 15) is 0 Å². The zero-order valence-electron chi connectivity index (χ0n) is 16.1. The first-order valence-electron chi connectivity index (χ1n) is 8.78. The van der Waals surface area contributed by atoms with Crippen LogP contribution in [-0.2, 0) is 0 Å². The predicted octanol–water partition coefficient (Wildman–Crippen LogP) is 3.21. The highest BCUT2D eigenvalue weighted by Crippen LogP contribution is 2.15. The van der Waals surface area contributed by atoms with Crippen LogP contribution in [0.5, 0.6) is 0 Å². The highest BCUT2D eigenvalue weighted by Gasteiger charge is 2.25. The third-order valence-electron chi connectivity index (χ3n) is 4.17. The fraction of sp³-hybridized carbons (Fsp3) is 0.318. The molecule has 0 saturated carbocycles. The van der Waals surface area contributed by atoms with Crippen LogP contribution in [0.25, 0.3) is 0 Å². The number of nitrogens with two attached hydrogens (primary N) is 2. The van der Waals surface area contributed by atoms with E-state index in [1.807, 2.05) is 37.3 Å². The Hall–Kier alpha value is -2.93. The lowest BCUT2D eigenvalue weighted by molar-refractivity contribution is 0.506. The Morgan fingerprint density at radius 2 is 1.96 bits per heavy atom. The van der Waals surface area contributed by atoms with Crippen LogP contribution in [0, 0.1) is 11.8 Å². The van der Waals surface area contributed by atoms with E-state index in [0.717, 1.165) is 35.5 Å². The van der Waals surface area contributed by atoms with Crippen molar-refractivity contribution in [2.75, 3.05) is 6.54 Å². The van der Waals surface area contributed by atoms with Crippen molar-refractivity contribution >= 4 is 5.84 Å². The summed E-state index contributed by atoms with van der Waals surface area (Å²) in [4.78, 5) is 4.56. The number of hydrogen-bond donors (Lipinski definition) is 3. The molecule has 5 N–H and O–H groups in total. The number of amidine groups is 1. The number of benzene rings is 1. The molecule has 1 aliphatic heterocycles. The minimum absolute atomic E-state index is 0.0106. The first kappa shape index (κ1) is 19.4. The molecule has 1 aromatic carbocycles. The quantitative estimate of drug-likeness (QED) is 0.578. The summed E-state index contributed by atoms with van der Waals surface area (Å²) in [5.41, 5.74) is 16.0. The summed E-state index contributed by atoms with van der Waals surface area (Å²) >= 11 is 0. The Bertz CT molecular complexity index is 836.